The van der Waals surface area contributed by atoms with Gasteiger partial charge in [-0.15, -0.1) is 0 Å². The van der Waals surface area contributed by atoms with Crippen molar-refractivity contribution in [2.45, 2.75) is 32.2 Å². The largest absolute Gasteiger partial charge is 0.492 e. The van der Waals surface area contributed by atoms with Gasteiger partial charge >= 0.3 is 0 Å². The zero-order valence-electron chi connectivity index (χ0n) is 9.56. The Kier molecular flexibility index (Phi) is 6.53. The maximum absolute atomic E-state index is 8.60. The minimum atomic E-state index is 0.283. The van der Waals surface area contributed by atoms with Gasteiger partial charge in [-0.3, -0.25) is 4.98 Å². The summed E-state index contributed by atoms with van der Waals surface area (Å²) in [5.74, 6) is 0.791. The van der Waals surface area contributed by atoms with E-state index in [-0.39, 0.29) is 6.61 Å². The van der Waals surface area contributed by atoms with Crippen LogP contribution in [0.2, 0.25) is 0 Å². The fourth-order valence-corrected chi connectivity index (χ4v) is 1.37. The molecule has 0 aromatic carbocycles. The van der Waals surface area contributed by atoms with Crippen molar-refractivity contribution in [3.8, 4) is 5.75 Å². The number of hydrogen-bond donors (Lipinski definition) is 2. The molecule has 3 N–H and O–H groups in total. The summed E-state index contributed by atoms with van der Waals surface area (Å²) in [7, 11) is 0. The van der Waals surface area contributed by atoms with Gasteiger partial charge in [-0.05, 0) is 31.4 Å². The zero-order valence-corrected chi connectivity index (χ0v) is 9.56. The van der Waals surface area contributed by atoms with E-state index >= 15 is 0 Å². The molecule has 0 amide bonds. The molecule has 0 aliphatic carbocycles. The van der Waals surface area contributed by atoms with Gasteiger partial charge in [0, 0.05) is 13.2 Å². The Morgan fingerprint density at radius 2 is 2.00 bits per heavy atom. The molecule has 1 aromatic rings. The van der Waals surface area contributed by atoms with E-state index < -0.39 is 0 Å². The van der Waals surface area contributed by atoms with E-state index in [0.717, 1.165) is 37.1 Å². The number of aromatic nitrogens is 1. The second kappa shape index (κ2) is 8.07. The minimum absolute atomic E-state index is 0.283. The molecule has 0 aliphatic rings. The zero-order chi connectivity index (χ0) is 11.6. The molecular formula is C12H20N2O2. The third kappa shape index (κ3) is 5.09. The molecule has 0 spiro atoms. The standard InChI is InChI=1S/C12H20N2O2/c13-9-11-5-6-12(10-14-11)16-8-4-2-1-3-7-15/h5-6,10,15H,1-4,7-9,13H2. The van der Waals surface area contributed by atoms with Gasteiger partial charge in [-0.2, -0.15) is 0 Å². The molecule has 0 saturated carbocycles. The van der Waals surface area contributed by atoms with E-state index in [0.29, 0.717) is 13.2 Å². The molecule has 4 nitrogen and oxygen atoms in total. The highest BCUT2D eigenvalue weighted by Gasteiger charge is 1.95. The molecule has 4 heteroatoms. The lowest BCUT2D eigenvalue weighted by atomic mass is 10.2. The molecule has 0 unspecified atom stereocenters. The predicted molar refractivity (Wildman–Crippen MR) is 63.2 cm³/mol. The van der Waals surface area contributed by atoms with E-state index in [1.807, 2.05) is 12.1 Å². The van der Waals surface area contributed by atoms with Crippen LogP contribution in [0.1, 0.15) is 31.4 Å². The van der Waals surface area contributed by atoms with Gasteiger partial charge in [0.05, 0.1) is 18.5 Å². The number of nitrogens with two attached hydrogens (primary N) is 1. The first-order chi connectivity index (χ1) is 7.86. The number of ether oxygens (including phenoxy) is 1. The van der Waals surface area contributed by atoms with Gasteiger partial charge in [0.15, 0.2) is 0 Å². The Bertz CT molecular complexity index is 275. The molecule has 1 rings (SSSR count). The van der Waals surface area contributed by atoms with Crippen LogP contribution in [-0.2, 0) is 6.54 Å². The van der Waals surface area contributed by atoms with Crippen molar-refractivity contribution < 1.29 is 9.84 Å². The number of nitrogens with zero attached hydrogens (tertiary/aromatic N) is 1. The van der Waals surface area contributed by atoms with Crippen molar-refractivity contribution in [3.63, 3.8) is 0 Å². The van der Waals surface area contributed by atoms with Crippen molar-refractivity contribution in [1.29, 1.82) is 0 Å². The van der Waals surface area contributed by atoms with Crippen molar-refractivity contribution in [3.05, 3.63) is 24.0 Å². The van der Waals surface area contributed by atoms with Crippen molar-refractivity contribution in [1.82, 2.24) is 4.98 Å². The third-order valence-electron chi connectivity index (χ3n) is 2.33. The summed E-state index contributed by atoms with van der Waals surface area (Å²) in [5.41, 5.74) is 6.31. The molecule has 1 heterocycles. The summed E-state index contributed by atoms with van der Waals surface area (Å²) in [6.45, 7) is 1.45. The van der Waals surface area contributed by atoms with Gasteiger partial charge < -0.3 is 15.6 Å². The van der Waals surface area contributed by atoms with Crippen molar-refractivity contribution in [2.75, 3.05) is 13.2 Å². The van der Waals surface area contributed by atoms with Crippen LogP contribution in [-0.4, -0.2) is 23.3 Å². The van der Waals surface area contributed by atoms with E-state index in [1.165, 1.54) is 0 Å². The lowest BCUT2D eigenvalue weighted by Crippen LogP contribution is -2.01. The van der Waals surface area contributed by atoms with Crippen LogP contribution < -0.4 is 10.5 Å². The van der Waals surface area contributed by atoms with E-state index in [4.69, 9.17) is 15.6 Å². The first-order valence-electron chi connectivity index (χ1n) is 5.75. The normalized spacial score (nSPS) is 10.4. The lowest BCUT2D eigenvalue weighted by Gasteiger charge is -2.05. The Morgan fingerprint density at radius 1 is 1.19 bits per heavy atom. The van der Waals surface area contributed by atoms with Crippen LogP contribution in [0.3, 0.4) is 0 Å². The smallest absolute Gasteiger partial charge is 0.137 e. The number of pyridine rings is 1. The second-order valence-electron chi connectivity index (χ2n) is 3.68. The van der Waals surface area contributed by atoms with E-state index in [1.54, 1.807) is 6.20 Å². The quantitative estimate of drug-likeness (QED) is 0.656. The second-order valence-corrected chi connectivity index (χ2v) is 3.68. The molecule has 16 heavy (non-hydrogen) atoms. The monoisotopic (exact) mass is 224 g/mol. The molecule has 0 atom stereocenters. The number of unbranched alkanes of at least 4 members (excludes halogenated alkanes) is 3. The number of rotatable bonds is 8. The number of aliphatic hydroxyl groups excluding tert-OH is 1. The highest BCUT2D eigenvalue weighted by Crippen LogP contribution is 2.10. The molecule has 0 saturated heterocycles. The SMILES string of the molecule is NCc1ccc(OCCCCCCO)cn1. The Balaban J connectivity index is 2.12. The summed E-state index contributed by atoms with van der Waals surface area (Å²) >= 11 is 0. The molecular weight excluding hydrogens is 204 g/mol. The molecule has 90 valence electrons. The highest BCUT2D eigenvalue weighted by molar-refractivity contribution is 5.19. The molecule has 1 aromatic heterocycles. The molecule has 0 fully saturated rings. The minimum Gasteiger partial charge on any atom is -0.492 e. The van der Waals surface area contributed by atoms with E-state index in [2.05, 4.69) is 4.98 Å². The topological polar surface area (TPSA) is 68.4 Å². The average molecular weight is 224 g/mol. The predicted octanol–water partition coefficient (Wildman–Crippen LogP) is 1.47. The summed E-state index contributed by atoms with van der Waals surface area (Å²) in [6, 6.07) is 3.77. The van der Waals surface area contributed by atoms with Gasteiger partial charge in [0.1, 0.15) is 5.75 Å². The number of hydrogen-bond acceptors (Lipinski definition) is 4. The Labute approximate surface area is 96.5 Å². The average Bonchev–Trinajstić information content (AvgIpc) is 2.34. The lowest BCUT2D eigenvalue weighted by molar-refractivity contribution is 0.273. The molecule has 0 radical (unpaired) electrons. The molecule has 0 bridgehead atoms. The van der Waals surface area contributed by atoms with Gasteiger partial charge in [0.25, 0.3) is 0 Å². The maximum Gasteiger partial charge on any atom is 0.137 e. The van der Waals surface area contributed by atoms with Crippen LogP contribution in [0.15, 0.2) is 18.3 Å². The third-order valence-corrected chi connectivity index (χ3v) is 2.33. The maximum atomic E-state index is 8.60. The van der Waals surface area contributed by atoms with Gasteiger partial charge in [0.2, 0.25) is 0 Å². The van der Waals surface area contributed by atoms with Crippen LogP contribution in [0.4, 0.5) is 0 Å². The van der Waals surface area contributed by atoms with Gasteiger partial charge in [-0.25, -0.2) is 0 Å². The Morgan fingerprint density at radius 3 is 2.62 bits per heavy atom. The fourth-order valence-electron chi connectivity index (χ4n) is 1.37. The first kappa shape index (κ1) is 12.9. The van der Waals surface area contributed by atoms with Crippen LogP contribution >= 0.6 is 0 Å². The van der Waals surface area contributed by atoms with Crippen LogP contribution in [0, 0.1) is 0 Å². The Hall–Kier alpha value is -1.13. The summed E-state index contributed by atoms with van der Waals surface area (Å²) in [5, 5.41) is 8.60. The van der Waals surface area contributed by atoms with Crippen LogP contribution in [0.25, 0.3) is 0 Å². The van der Waals surface area contributed by atoms with E-state index in [9.17, 15) is 0 Å². The summed E-state index contributed by atoms with van der Waals surface area (Å²) in [6.07, 6.45) is 5.75. The number of aliphatic hydroxyl groups is 1. The highest BCUT2D eigenvalue weighted by atomic mass is 16.5. The molecule has 0 aliphatic heterocycles. The van der Waals surface area contributed by atoms with Gasteiger partial charge in [-0.1, -0.05) is 6.42 Å². The van der Waals surface area contributed by atoms with Crippen molar-refractivity contribution in [2.24, 2.45) is 5.73 Å². The summed E-state index contributed by atoms with van der Waals surface area (Å²) < 4.78 is 5.52. The first-order valence-corrected chi connectivity index (χ1v) is 5.75. The fraction of sp³-hybridized carbons (Fsp3) is 0.583. The van der Waals surface area contributed by atoms with Crippen LogP contribution in [0.5, 0.6) is 5.75 Å². The van der Waals surface area contributed by atoms with Crippen molar-refractivity contribution >= 4 is 0 Å². The summed E-state index contributed by atoms with van der Waals surface area (Å²) in [4.78, 5) is 4.14.